The molecule has 0 spiro atoms. The number of carbonyl (C=O) groups excluding carboxylic acids is 2. The fourth-order valence-corrected chi connectivity index (χ4v) is 4.17. The first-order valence-corrected chi connectivity index (χ1v) is 11.3. The molecule has 2 amide bonds. The number of carbonyl (C=O) groups is 3. The highest BCUT2D eigenvalue weighted by molar-refractivity contribution is 5.97. The average molecular weight is 432 g/mol. The van der Waals surface area contributed by atoms with Gasteiger partial charge in [0.25, 0.3) is 0 Å². The summed E-state index contributed by atoms with van der Waals surface area (Å²) in [6.45, 7) is 8.91. The Morgan fingerprint density at radius 3 is 2.55 bits per heavy atom. The van der Waals surface area contributed by atoms with Crippen LogP contribution in [0.25, 0.3) is 0 Å². The van der Waals surface area contributed by atoms with Gasteiger partial charge in [-0.05, 0) is 64.4 Å². The SMILES string of the molecule is CC(C)=C1NCCC/C1=C/C=C(\C)CC1CCN(C(=O)CC(=O)NCCC(=O)O)CC1. The lowest BCUT2D eigenvalue weighted by Gasteiger charge is -2.32. The predicted octanol–water partition coefficient (Wildman–Crippen LogP) is 3.15. The highest BCUT2D eigenvalue weighted by atomic mass is 16.4. The molecule has 7 nitrogen and oxygen atoms in total. The Hall–Kier alpha value is -2.57. The van der Waals surface area contributed by atoms with E-state index in [2.05, 4.69) is 43.6 Å². The molecule has 0 unspecified atom stereocenters. The number of hydrogen-bond donors (Lipinski definition) is 3. The van der Waals surface area contributed by atoms with E-state index in [1.807, 2.05) is 0 Å². The number of amides is 2. The van der Waals surface area contributed by atoms with Crippen molar-refractivity contribution in [2.45, 2.75) is 65.7 Å². The highest BCUT2D eigenvalue weighted by Gasteiger charge is 2.24. The molecule has 0 radical (unpaired) electrons. The standard InChI is InChI=1S/C24H37N3O4/c1-17(2)24-20(5-4-11-26-24)7-6-18(3)15-19-9-13-27(14-10-19)22(29)16-21(28)25-12-8-23(30)31/h6-7,19,26H,4-5,8-16H2,1-3H3,(H,25,28)(H,30,31)/b18-6+,20-7-. The van der Waals surface area contributed by atoms with Crippen molar-refractivity contribution in [3.63, 3.8) is 0 Å². The van der Waals surface area contributed by atoms with Crippen molar-refractivity contribution < 1.29 is 19.5 Å². The van der Waals surface area contributed by atoms with Gasteiger partial charge in [-0.2, -0.15) is 0 Å². The molecular weight excluding hydrogens is 394 g/mol. The van der Waals surface area contributed by atoms with Gasteiger partial charge in [0, 0.05) is 31.9 Å². The van der Waals surface area contributed by atoms with Crippen molar-refractivity contribution in [1.82, 2.24) is 15.5 Å². The average Bonchev–Trinajstić information content (AvgIpc) is 2.72. The summed E-state index contributed by atoms with van der Waals surface area (Å²) in [5.41, 5.74) is 5.35. The molecule has 2 aliphatic heterocycles. The van der Waals surface area contributed by atoms with Crippen LogP contribution in [0, 0.1) is 5.92 Å². The first kappa shape index (κ1) is 24.7. The van der Waals surface area contributed by atoms with Crippen molar-refractivity contribution in [2.24, 2.45) is 5.92 Å². The molecule has 0 bridgehead atoms. The number of aliphatic carboxylic acids is 1. The Morgan fingerprint density at radius 2 is 1.90 bits per heavy atom. The van der Waals surface area contributed by atoms with Crippen molar-refractivity contribution in [2.75, 3.05) is 26.2 Å². The summed E-state index contributed by atoms with van der Waals surface area (Å²) in [5.74, 6) is -1.01. The summed E-state index contributed by atoms with van der Waals surface area (Å²) in [7, 11) is 0. The maximum absolute atomic E-state index is 12.3. The van der Waals surface area contributed by atoms with E-state index in [0.717, 1.165) is 32.2 Å². The second kappa shape index (κ2) is 12.3. The van der Waals surface area contributed by atoms with E-state index in [-0.39, 0.29) is 25.3 Å². The molecule has 0 atom stereocenters. The van der Waals surface area contributed by atoms with Gasteiger partial charge in [0.15, 0.2) is 0 Å². The number of likely N-dealkylation sites (tertiary alicyclic amines) is 1. The molecule has 2 saturated heterocycles. The highest BCUT2D eigenvalue weighted by Crippen LogP contribution is 2.26. The minimum Gasteiger partial charge on any atom is -0.481 e. The molecule has 2 rings (SSSR count). The minimum atomic E-state index is -0.970. The second-order valence-corrected chi connectivity index (χ2v) is 8.81. The monoisotopic (exact) mass is 431 g/mol. The topological polar surface area (TPSA) is 98.7 Å². The number of nitrogens with zero attached hydrogens (tertiary/aromatic N) is 1. The van der Waals surface area contributed by atoms with Gasteiger partial charge >= 0.3 is 5.97 Å². The Kier molecular flexibility index (Phi) is 9.82. The summed E-state index contributed by atoms with van der Waals surface area (Å²) in [6.07, 6.45) is 9.33. The fraction of sp³-hybridized carbons (Fsp3) is 0.625. The molecule has 0 saturated carbocycles. The van der Waals surface area contributed by atoms with Crippen LogP contribution in [-0.4, -0.2) is 54.0 Å². The number of hydrogen-bond acceptors (Lipinski definition) is 4. The van der Waals surface area contributed by atoms with Crippen molar-refractivity contribution in [1.29, 1.82) is 0 Å². The van der Waals surface area contributed by atoms with Gasteiger partial charge in [-0.1, -0.05) is 23.3 Å². The fourth-order valence-electron chi connectivity index (χ4n) is 4.17. The van der Waals surface area contributed by atoms with Crippen LogP contribution in [0.3, 0.4) is 0 Å². The van der Waals surface area contributed by atoms with Crippen LogP contribution in [-0.2, 0) is 14.4 Å². The van der Waals surface area contributed by atoms with Crippen LogP contribution in [0.4, 0.5) is 0 Å². The molecule has 2 heterocycles. The molecule has 0 aromatic heterocycles. The molecule has 0 aromatic carbocycles. The molecule has 2 aliphatic rings. The van der Waals surface area contributed by atoms with Crippen LogP contribution in [0.2, 0.25) is 0 Å². The number of piperidine rings is 2. The van der Waals surface area contributed by atoms with E-state index >= 15 is 0 Å². The summed E-state index contributed by atoms with van der Waals surface area (Å²) >= 11 is 0. The van der Waals surface area contributed by atoms with Gasteiger partial charge in [-0.25, -0.2) is 0 Å². The van der Waals surface area contributed by atoms with Gasteiger partial charge in [-0.15, -0.1) is 0 Å². The molecule has 31 heavy (non-hydrogen) atoms. The second-order valence-electron chi connectivity index (χ2n) is 8.81. The van der Waals surface area contributed by atoms with E-state index in [1.165, 1.54) is 28.8 Å². The van der Waals surface area contributed by atoms with Crippen molar-refractivity contribution >= 4 is 17.8 Å². The Labute approximate surface area is 185 Å². The Morgan fingerprint density at radius 1 is 1.19 bits per heavy atom. The third-order valence-electron chi connectivity index (χ3n) is 5.87. The predicted molar refractivity (Wildman–Crippen MR) is 121 cm³/mol. The van der Waals surface area contributed by atoms with Crippen LogP contribution in [0.15, 0.2) is 34.6 Å². The maximum atomic E-state index is 12.3. The summed E-state index contributed by atoms with van der Waals surface area (Å²) < 4.78 is 0. The molecular formula is C24H37N3O4. The van der Waals surface area contributed by atoms with Gasteiger partial charge in [0.2, 0.25) is 11.8 Å². The smallest absolute Gasteiger partial charge is 0.305 e. The van der Waals surface area contributed by atoms with Gasteiger partial charge in [-0.3, -0.25) is 14.4 Å². The Balaban J connectivity index is 1.77. The van der Waals surface area contributed by atoms with Crippen LogP contribution < -0.4 is 10.6 Å². The molecule has 7 heteroatoms. The number of allylic oxidation sites excluding steroid dienone is 5. The van der Waals surface area contributed by atoms with E-state index in [0.29, 0.717) is 19.0 Å². The zero-order chi connectivity index (χ0) is 22.8. The lowest BCUT2D eigenvalue weighted by molar-refractivity contribution is -0.137. The summed E-state index contributed by atoms with van der Waals surface area (Å²) in [5, 5.41) is 14.6. The third-order valence-corrected chi connectivity index (χ3v) is 5.87. The number of nitrogens with one attached hydrogen (secondary N) is 2. The zero-order valence-corrected chi connectivity index (χ0v) is 19.1. The van der Waals surface area contributed by atoms with E-state index in [4.69, 9.17) is 5.11 Å². The summed E-state index contributed by atoms with van der Waals surface area (Å²) in [6, 6.07) is 0. The van der Waals surface area contributed by atoms with Gasteiger partial charge in [0.05, 0.1) is 6.42 Å². The van der Waals surface area contributed by atoms with E-state index in [1.54, 1.807) is 4.90 Å². The van der Waals surface area contributed by atoms with E-state index < -0.39 is 11.9 Å². The molecule has 3 N–H and O–H groups in total. The zero-order valence-electron chi connectivity index (χ0n) is 19.1. The number of rotatable bonds is 8. The van der Waals surface area contributed by atoms with Crippen molar-refractivity contribution in [3.05, 3.63) is 34.6 Å². The normalized spacial score (nSPS) is 19.2. The lowest BCUT2D eigenvalue weighted by atomic mass is 9.90. The largest absolute Gasteiger partial charge is 0.481 e. The molecule has 172 valence electrons. The minimum absolute atomic E-state index is 0.0520. The first-order chi connectivity index (χ1) is 14.8. The summed E-state index contributed by atoms with van der Waals surface area (Å²) in [4.78, 5) is 36.3. The maximum Gasteiger partial charge on any atom is 0.305 e. The van der Waals surface area contributed by atoms with E-state index in [9.17, 15) is 14.4 Å². The lowest BCUT2D eigenvalue weighted by Crippen LogP contribution is -2.41. The number of carboxylic acid groups (broad SMARTS) is 1. The molecule has 0 aliphatic carbocycles. The first-order valence-electron chi connectivity index (χ1n) is 11.3. The number of carboxylic acids is 1. The van der Waals surface area contributed by atoms with Crippen molar-refractivity contribution in [3.8, 4) is 0 Å². The third kappa shape index (κ3) is 8.59. The van der Waals surface area contributed by atoms with Crippen LogP contribution in [0.1, 0.15) is 65.7 Å². The van der Waals surface area contributed by atoms with Gasteiger partial charge < -0.3 is 20.6 Å². The molecule has 0 aromatic rings. The van der Waals surface area contributed by atoms with Crippen LogP contribution >= 0.6 is 0 Å². The Bertz CT molecular complexity index is 755. The van der Waals surface area contributed by atoms with Gasteiger partial charge in [0.1, 0.15) is 6.42 Å². The quantitative estimate of drug-likeness (QED) is 0.513. The molecule has 2 fully saturated rings. The van der Waals surface area contributed by atoms with Crippen LogP contribution in [0.5, 0.6) is 0 Å².